The maximum atomic E-state index is 14.0. The summed E-state index contributed by atoms with van der Waals surface area (Å²) in [5.74, 6) is -1.47. The number of hydrogen-bond donors (Lipinski definition) is 2. The molecule has 4 heterocycles. The molecule has 2 aliphatic heterocycles. The molecule has 2 aromatic heterocycles. The minimum Gasteiger partial charge on any atom is -0.458 e. The Morgan fingerprint density at radius 3 is 2.70 bits per heavy atom. The highest BCUT2D eigenvalue weighted by Gasteiger charge is 2.45. The van der Waals surface area contributed by atoms with Gasteiger partial charge >= 0.3 is 5.97 Å². The third-order valence-corrected chi connectivity index (χ3v) is 6.21. The number of nitrogens with zero attached hydrogens (tertiary/aromatic N) is 2. The fourth-order valence-corrected chi connectivity index (χ4v) is 4.60. The summed E-state index contributed by atoms with van der Waals surface area (Å²) in [5, 5.41) is 11.0. The molecule has 0 saturated heterocycles. The quantitative estimate of drug-likeness (QED) is 0.358. The number of pyridine rings is 2. The summed E-state index contributed by atoms with van der Waals surface area (Å²) in [6.45, 7) is 1.46. The van der Waals surface area contributed by atoms with Gasteiger partial charge in [-0.25, -0.2) is 9.18 Å². The Bertz CT molecular complexity index is 1420. The number of fused-ring (bicyclic) bond motifs is 5. The van der Waals surface area contributed by atoms with Gasteiger partial charge in [-0.15, -0.1) is 0 Å². The van der Waals surface area contributed by atoms with E-state index in [9.17, 15) is 23.9 Å². The van der Waals surface area contributed by atoms with Crippen molar-refractivity contribution in [1.29, 1.82) is 0 Å². The van der Waals surface area contributed by atoms with Gasteiger partial charge in [0.05, 0.1) is 45.6 Å². The van der Waals surface area contributed by atoms with Crippen LogP contribution >= 0.6 is 0 Å². The summed E-state index contributed by atoms with van der Waals surface area (Å²) in [4.78, 5) is 38.7. The van der Waals surface area contributed by atoms with E-state index in [0.29, 0.717) is 11.2 Å². The topological polar surface area (TPSA) is 117 Å². The van der Waals surface area contributed by atoms with Gasteiger partial charge in [0.1, 0.15) is 12.4 Å². The Hall–Kier alpha value is -3.46. The first-order chi connectivity index (χ1) is 14.2. The molecule has 5 rings (SSSR count). The van der Waals surface area contributed by atoms with Gasteiger partial charge in [0.25, 0.3) is 5.56 Å². The predicted molar refractivity (Wildman–Crippen MR) is 106 cm³/mol. The number of carbonyl (C=O) groups is 1. The third-order valence-electron chi connectivity index (χ3n) is 6.21. The number of aliphatic hydroxyl groups is 1. The van der Waals surface area contributed by atoms with Crippen LogP contribution in [0.25, 0.3) is 22.2 Å². The Balaban J connectivity index is 1.91. The number of halogens is 1. The lowest BCUT2D eigenvalue weighted by atomic mass is 9.86. The van der Waals surface area contributed by atoms with Crippen LogP contribution in [0.2, 0.25) is 0 Å². The second kappa shape index (κ2) is 5.79. The van der Waals surface area contributed by atoms with E-state index in [1.165, 1.54) is 10.6 Å². The molecule has 9 heteroatoms. The monoisotopic (exact) mass is 411 g/mol. The van der Waals surface area contributed by atoms with Gasteiger partial charge in [-0.1, -0.05) is 6.92 Å². The Kier molecular flexibility index (Phi) is 3.58. The van der Waals surface area contributed by atoms with Crippen LogP contribution in [0, 0.1) is 5.82 Å². The number of nitrogen functional groups attached to an aromatic ring is 1. The SMILES string of the molecule is CC[C@@]1(O)C(=O)OCc2c1cc1n(c2=O)Cc2c-1c(=O)c1cc(F)cc(N)c1n2C. The molecule has 154 valence electrons. The molecule has 0 spiro atoms. The highest BCUT2D eigenvalue weighted by Crippen LogP contribution is 2.38. The Morgan fingerprint density at radius 2 is 2.00 bits per heavy atom. The Labute approximate surface area is 168 Å². The molecule has 3 aromatic rings. The molecule has 0 aliphatic carbocycles. The molecule has 1 atom stereocenters. The standard InChI is InChI=1S/C21H18FN3O5/c1-3-21(29)12-6-14-16-15(7-25(14)19(27)11(12)8-30-20(21)28)24(2)17-10(18(16)26)4-9(22)5-13(17)23/h4-6,29H,3,7-8,23H2,1-2H3/t21-/m0/s1. The minimum atomic E-state index is -1.97. The molecule has 0 radical (unpaired) electrons. The first-order valence-electron chi connectivity index (χ1n) is 9.46. The number of ether oxygens (including phenoxy) is 1. The van der Waals surface area contributed by atoms with Crippen molar-refractivity contribution in [3.05, 3.63) is 61.4 Å². The van der Waals surface area contributed by atoms with Crippen LogP contribution in [0.3, 0.4) is 0 Å². The molecule has 30 heavy (non-hydrogen) atoms. The summed E-state index contributed by atoms with van der Waals surface area (Å²) in [6.07, 6.45) is 0.00601. The second-order valence-electron chi connectivity index (χ2n) is 7.70. The lowest BCUT2D eigenvalue weighted by Gasteiger charge is -2.31. The molecule has 8 nitrogen and oxygen atoms in total. The summed E-state index contributed by atoms with van der Waals surface area (Å²) in [5.41, 5.74) is 4.97. The van der Waals surface area contributed by atoms with E-state index < -0.39 is 28.4 Å². The lowest BCUT2D eigenvalue weighted by molar-refractivity contribution is -0.172. The van der Waals surface area contributed by atoms with Crippen LogP contribution in [-0.2, 0) is 35.3 Å². The lowest BCUT2D eigenvalue weighted by Crippen LogP contribution is -2.44. The largest absolute Gasteiger partial charge is 0.458 e. The average Bonchev–Trinajstić information content (AvgIpc) is 3.09. The average molecular weight is 411 g/mol. The molecule has 0 amide bonds. The number of cyclic esters (lactones) is 1. The van der Waals surface area contributed by atoms with Gasteiger partial charge in [-0.05, 0) is 24.6 Å². The summed E-state index contributed by atoms with van der Waals surface area (Å²) in [7, 11) is 1.70. The van der Waals surface area contributed by atoms with Crippen molar-refractivity contribution in [3.63, 3.8) is 0 Å². The number of benzene rings is 1. The van der Waals surface area contributed by atoms with Crippen LogP contribution in [0.15, 0.2) is 27.8 Å². The van der Waals surface area contributed by atoms with E-state index in [2.05, 4.69) is 0 Å². The van der Waals surface area contributed by atoms with Gasteiger partial charge in [-0.2, -0.15) is 0 Å². The number of hydrogen-bond acceptors (Lipinski definition) is 6. The highest BCUT2D eigenvalue weighted by molar-refractivity contribution is 5.94. The zero-order valence-corrected chi connectivity index (χ0v) is 16.3. The zero-order chi connectivity index (χ0) is 21.5. The van der Waals surface area contributed by atoms with Crippen molar-refractivity contribution in [2.45, 2.75) is 32.1 Å². The van der Waals surface area contributed by atoms with Crippen molar-refractivity contribution >= 4 is 22.6 Å². The molecule has 0 fully saturated rings. The molecule has 0 unspecified atom stereocenters. The number of carbonyl (C=O) groups excluding carboxylic acids is 1. The smallest absolute Gasteiger partial charge is 0.343 e. The van der Waals surface area contributed by atoms with E-state index in [0.717, 1.165) is 12.1 Å². The van der Waals surface area contributed by atoms with Gasteiger partial charge in [0, 0.05) is 12.6 Å². The van der Waals surface area contributed by atoms with E-state index in [1.807, 2.05) is 0 Å². The number of nitrogens with two attached hydrogens (primary N) is 1. The van der Waals surface area contributed by atoms with Crippen LogP contribution < -0.4 is 16.7 Å². The van der Waals surface area contributed by atoms with E-state index >= 15 is 0 Å². The fourth-order valence-electron chi connectivity index (χ4n) is 4.60. The number of esters is 1. The molecular weight excluding hydrogens is 393 g/mol. The second-order valence-corrected chi connectivity index (χ2v) is 7.70. The first kappa shape index (κ1) is 18.6. The maximum absolute atomic E-state index is 14.0. The van der Waals surface area contributed by atoms with E-state index in [4.69, 9.17) is 10.5 Å². The zero-order valence-electron chi connectivity index (χ0n) is 16.3. The summed E-state index contributed by atoms with van der Waals surface area (Å²) < 4.78 is 22.1. The number of anilines is 1. The molecule has 2 aliphatic rings. The Morgan fingerprint density at radius 1 is 1.27 bits per heavy atom. The third kappa shape index (κ3) is 2.10. The molecule has 0 saturated carbocycles. The van der Waals surface area contributed by atoms with Crippen molar-refractivity contribution < 1.29 is 19.0 Å². The van der Waals surface area contributed by atoms with Crippen molar-refractivity contribution in [3.8, 4) is 11.3 Å². The summed E-state index contributed by atoms with van der Waals surface area (Å²) >= 11 is 0. The molecule has 1 aromatic carbocycles. The van der Waals surface area contributed by atoms with Crippen LogP contribution in [0.4, 0.5) is 10.1 Å². The van der Waals surface area contributed by atoms with Crippen LogP contribution in [-0.4, -0.2) is 20.2 Å². The van der Waals surface area contributed by atoms with Gasteiger partial charge in [0.2, 0.25) is 0 Å². The van der Waals surface area contributed by atoms with Crippen molar-refractivity contribution in [1.82, 2.24) is 9.13 Å². The number of rotatable bonds is 1. The summed E-state index contributed by atoms with van der Waals surface area (Å²) in [6, 6.07) is 3.76. The predicted octanol–water partition coefficient (Wildman–Crippen LogP) is 1.10. The molecular formula is C21H18FN3O5. The van der Waals surface area contributed by atoms with Crippen molar-refractivity contribution in [2.24, 2.45) is 7.05 Å². The molecule has 0 bridgehead atoms. The highest BCUT2D eigenvalue weighted by atomic mass is 19.1. The fraction of sp³-hybridized carbons (Fsp3) is 0.286. The normalized spacial score (nSPS) is 19.4. The minimum absolute atomic E-state index is 0.00601. The maximum Gasteiger partial charge on any atom is 0.343 e. The van der Waals surface area contributed by atoms with E-state index in [-0.39, 0.29) is 53.0 Å². The van der Waals surface area contributed by atoms with Crippen LogP contribution in [0.1, 0.15) is 30.2 Å². The van der Waals surface area contributed by atoms with Gasteiger partial charge < -0.3 is 24.7 Å². The first-order valence-corrected chi connectivity index (χ1v) is 9.46. The van der Waals surface area contributed by atoms with E-state index in [1.54, 1.807) is 18.5 Å². The van der Waals surface area contributed by atoms with Gasteiger partial charge in [0.15, 0.2) is 11.0 Å². The molecule has 3 N–H and O–H groups in total. The van der Waals surface area contributed by atoms with Crippen LogP contribution in [0.5, 0.6) is 0 Å². The number of aryl methyl sites for hydroxylation is 1. The number of aromatic nitrogens is 2. The van der Waals surface area contributed by atoms with Gasteiger partial charge in [-0.3, -0.25) is 9.59 Å². The van der Waals surface area contributed by atoms with Crippen molar-refractivity contribution in [2.75, 3.05) is 5.73 Å².